The standard InChI is InChI=1S/C20H26/c1-5-17(3)10-7-12-19-14-9-15-20(16-19)13-8-11-18(4)6-2/h5-6,9,14-16H,1-4,7-8,10-13H2. The number of rotatable bonds is 10. The molecule has 0 aliphatic heterocycles. The molecule has 1 rings (SSSR count). The molecule has 0 amide bonds. The van der Waals surface area contributed by atoms with Crippen molar-refractivity contribution in [3.05, 3.63) is 85.0 Å². The Morgan fingerprint density at radius 2 is 1.30 bits per heavy atom. The third kappa shape index (κ3) is 6.38. The van der Waals surface area contributed by atoms with Crippen molar-refractivity contribution in [2.75, 3.05) is 0 Å². The molecule has 0 saturated carbocycles. The average Bonchev–Trinajstić information content (AvgIpc) is 2.47. The van der Waals surface area contributed by atoms with E-state index in [9.17, 15) is 0 Å². The number of allylic oxidation sites excluding steroid dienone is 4. The van der Waals surface area contributed by atoms with Gasteiger partial charge in [0.05, 0.1) is 0 Å². The second-order valence-corrected chi connectivity index (χ2v) is 5.25. The Hall–Kier alpha value is -1.82. The van der Waals surface area contributed by atoms with Crippen molar-refractivity contribution >= 4 is 0 Å². The Morgan fingerprint density at radius 3 is 1.70 bits per heavy atom. The Kier molecular flexibility index (Phi) is 7.42. The predicted molar refractivity (Wildman–Crippen MR) is 91.0 cm³/mol. The van der Waals surface area contributed by atoms with Gasteiger partial charge in [-0.2, -0.15) is 0 Å². The summed E-state index contributed by atoms with van der Waals surface area (Å²) in [5.74, 6) is 0. The molecule has 0 heteroatoms. The molecule has 0 aliphatic rings. The minimum absolute atomic E-state index is 1.03. The quantitative estimate of drug-likeness (QED) is 0.468. The zero-order valence-corrected chi connectivity index (χ0v) is 12.5. The van der Waals surface area contributed by atoms with Gasteiger partial charge in [-0.1, -0.05) is 73.9 Å². The minimum atomic E-state index is 1.03. The van der Waals surface area contributed by atoms with Crippen LogP contribution in [0.15, 0.2) is 73.9 Å². The Labute approximate surface area is 124 Å². The monoisotopic (exact) mass is 266 g/mol. The summed E-state index contributed by atoms with van der Waals surface area (Å²) in [6, 6.07) is 8.91. The van der Waals surface area contributed by atoms with Crippen LogP contribution >= 0.6 is 0 Å². The van der Waals surface area contributed by atoms with Gasteiger partial charge in [0.1, 0.15) is 0 Å². The Balaban J connectivity index is 2.40. The maximum atomic E-state index is 3.95. The molecule has 20 heavy (non-hydrogen) atoms. The van der Waals surface area contributed by atoms with Gasteiger partial charge in [-0.25, -0.2) is 0 Å². The van der Waals surface area contributed by atoms with Gasteiger partial charge in [0.2, 0.25) is 0 Å². The zero-order valence-electron chi connectivity index (χ0n) is 12.5. The number of hydrogen-bond donors (Lipinski definition) is 0. The second kappa shape index (κ2) is 9.14. The lowest BCUT2D eigenvalue weighted by molar-refractivity contribution is 0.809. The molecule has 106 valence electrons. The lowest BCUT2D eigenvalue weighted by Gasteiger charge is -2.06. The van der Waals surface area contributed by atoms with E-state index in [4.69, 9.17) is 0 Å². The number of aryl methyl sites for hydroxylation is 2. The topological polar surface area (TPSA) is 0 Å². The molecule has 0 fully saturated rings. The first-order chi connectivity index (χ1) is 9.65. The van der Waals surface area contributed by atoms with Gasteiger partial charge in [0.15, 0.2) is 0 Å². The van der Waals surface area contributed by atoms with E-state index in [1.54, 1.807) is 0 Å². The largest absolute Gasteiger partial charge is 0.0988 e. The van der Waals surface area contributed by atoms with E-state index in [0.717, 1.165) is 49.7 Å². The third-order valence-electron chi connectivity index (χ3n) is 3.50. The minimum Gasteiger partial charge on any atom is -0.0988 e. The molecule has 0 N–H and O–H groups in total. The van der Waals surface area contributed by atoms with Crippen LogP contribution in [-0.4, -0.2) is 0 Å². The maximum Gasteiger partial charge on any atom is -0.0276 e. The lowest BCUT2D eigenvalue weighted by atomic mass is 10.00. The van der Waals surface area contributed by atoms with Crippen molar-refractivity contribution in [3.8, 4) is 0 Å². The predicted octanol–water partition coefficient (Wildman–Crippen LogP) is 5.82. The summed E-state index contributed by atoms with van der Waals surface area (Å²) in [7, 11) is 0. The van der Waals surface area contributed by atoms with E-state index >= 15 is 0 Å². The van der Waals surface area contributed by atoms with Crippen LogP contribution in [0.1, 0.15) is 36.8 Å². The molecule has 0 radical (unpaired) electrons. The molecule has 0 nitrogen and oxygen atoms in total. The fraction of sp³-hybridized carbons (Fsp3) is 0.300. The normalized spacial score (nSPS) is 10.0. The second-order valence-electron chi connectivity index (χ2n) is 5.25. The van der Waals surface area contributed by atoms with Crippen LogP contribution in [0, 0.1) is 0 Å². The van der Waals surface area contributed by atoms with Crippen LogP contribution < -0.4 is 0 Å². The number of benzene rings is 1. The van der Waals surface area contributed by atoms with Gasteiger partial charge in [0, 0.05) is 0 Å². The molecule has 0 aliphatic carbocycles. The van der Waals surface area contributed by atoms with Crippen LogP contribution in [-0.2, 0) is 12.8 Å². The van der Waals surface area contributed by atoms with Gasteiger partial charge < -0.3 is 0 Å². The molecule has 0 spiro atoms. The van der Waals surface area contributed by atoms with Crippen molar-refractivity contribution in [2.24, 2.45) is 0 Å². The van der Waals surface area contributed by atoms with Crippen LogP contribution in [0.2, 0.25) is 0 Å². The fourth-order valence-corrected chi connectivity index (χ4v) is 2.18. The van der Waals surface area contributed by atoms with Gasteiger partial charge in [-0.15, -0.1) is 0 Å². The smallest absolute Gasteiger partial charge is 0.0276 e. The van der Waals surface area contributed by atoms with Crippen molar-refractivity contribution in [1.82, 2.24) is 0 Å². The van der Waals surface area contributed by atoms with E-state index in [0.29, 0.717) is 0 Å². The van der Waals surface area contributed by atoms with Gasteiger partial charge in [0.25, 0.3) is 0 Å². The van der Waals surface area contributed by atoms with E-state index in [1.165, 1.54) is 11.1 Å². The number of hydrogen-bond acceptors (Lipinski definition) is 0. The van der Waals surface area contributed by atoms with Gasteiger partial charge in [-0.05, 0) is 49.7 Å². The van der Waals surface area contributed by atoms with Crippen LogP contribution in [0.4, 0.5) is 0 Å². The molecular formula is C20H26. The van der Waals surface area contributed by atoms with E-state index < -0.39 is 0 Å². The molecule has 0 saturated heterocycles. The summed E-state index contributed by atoms with van der Waals surface area (Å²) in [6.45, 7) is 15.4. The third-order valence-corrected chi connectivity index (χ3v) is 3.50. The highest BCUT2D eigenvalue weighted by molar-refractivity contribution is 5.24. The molecule has 0 heterocycles. The summed E-state index contributed by atoms with van der Waals surface area (Å²) in [5, 5.41) is 0. The molecular weight excluding hydrogens is 240 g/mol. The summed E-state index contributed by atoms with van der Waals surface area (Å²) in [6.07, 6.45) is 10.3. The zero-order chi connectivity index (χ0) is 14.8. The Bertz CT molecular complexity index is 435. The van der Waals surface area contributed by atoms with Crippen LogP contribution in [0.3, 0.4) is 0 Å². The van der Waals surface area contributed by atoms with Crippen molar-refractivity contribution in [2.45, 2.75) is 38.5 Å². The molecule has 0 unspecified atom stereocenters. The fourth-order valence-electron chi connectivity index (χ4n) is 2.18. The van der Waals surface area contributed by atoms with Crippen molar-refractivity contribution in [1.29, 1.82) is 0 Å². The first-order valence-electron chi connectivity index (χ1n) is 7.34. The molecule has 1 aromatic carbocycles. The molecule has 1 aromatic rings. The van der Waals surface area contributed by atoms with E-state index in [1.807, 2.05) is 12.2 Å². The van der Waals surface area contributed by atoms with Crippen LogP contribution in [0.25, 0.3) is 0 Å². The first kappa shape index (κ1) is 16.2. The van der Waals surface area contributed by atoms with Crippen molar-refractivity contribution < 1.29 is 0 Å². The molecule has 0 bridgehead atoms. The average molecular weight is 266 g/mol. The first-order valence-corrected chi connectivity index (χ1v) is 7.34. The maximum absolute atomic E-state index is 3.95. The van der Waals surface area contributed by atoms with Crippen LogP contribution in [0.5, 0.6) is 0 Å². The summed E-state index contributed by atoms with van der Waals surface area (Å²) < 4.78 is 0. The molecule has 0 aromatic heterocycles. The molecule has 0 atom stereocenters. The highest BCUT2D eigenvalue weighted by Gasteiger charge is 1.98. The highest BCUT2D eigenvalue weighted by atomic mass is 14.0. The van der Waals surface area contributed by atoms with E-state index in [-0.39, 0.29) is 0 Å². The summed E-state index contributed by atoms with van der Waals surface area (Å²) in [5.41, 5.74) is 5.09. The van der Waals surface area contributed by atoms with Crippen molar-refractivity contribution in [3.63, 3.8) is 0 Å². The van der Waals surface area contributed by atoms with Gasteiger partial charge >= 0.3 is 0 Å². The van der Waals surface area contributed by atoms with E-state index in [2.05, 4.69) is 50.6 Å². The summed E-state index contributed by atoms with van der Waals surface area (Å²) >= 11 is 0. The lowest BCUT2D eigenvalue weighted by Crippen LogP contribution is -1.91. The highest BCUT2D eigenvalue weighted by Crippen LogP contribution is 2.14. The Morgan fingerprint density at radius 1 is 0.850 bits per heavy atom. The SMILES string of the molecule is C=CC(=C)CCCc1cccc(CCCC(=C)C=C)c1. The van der Waals surface area contributed by atoms with Gasteiger partial charge in [-0.3, -0.25) is 0 Å². The summed E-state index contributed by atoms with van der Waals surface area (Å²) in [4.78, 5) is 0.